The molecule has 8 heteroatoms. The minimum absolute atomic E-state index is 0.211. The maximum Gasteiger partial charge on any atom is 0.181 e. The Morgan fingerprint density at radius 1 is 1.56 bits per heavy atom. The van der Waals surface area contributed by atoms with Crippen molar-refractivity contribution >= 4 is 27.1 Å². The van der Waals surface area contributed by atoms with Crippen molar-refractivity contribution in [2.75, 3.05) is 6.61 Å². The number of nitrogens with zero attached hydrogens (tertiary/aromatic N) is 4. The molecule has 0 radical (unpaired) electrons. The van der Waals surface area contributed by atoms with Crippen molar-refractivity contribution in [3.05, 3.63) is 17.3 Å². The van der Waals surface area contributed by atoms with Crippen LogP contribution < -0.4 is 0 Å². The Hall–Kier alpha value is -1.09. The molecule has 0 saturated carbocycles. The summed E-state index contributed by atoms with van der Waals surface area (Å²) in [5.74, 6) is 0. The van der Waals surface area contributed by atoms with Crippen LogP contribution in [0.1, 0.15) is 12.6 Å². The third kappa shape index (κ3) is 1.81. The van der Waals surface area contributed by atoms with Gasteiger partial charge in [-0.05, 0) is 15.9 Å². The van der Waals surface area contributed by atoms with Gasteiger partial charge >= 0.3 is 0 Å². The highest BCUT2D eigenvalue weighted by Gasteiger charge is 2.36. The largest absolute Gasteiger partial charge is 0.394 e. The van der Waals surface area contributed by atoms with E-state index in [0.717, 1.165) is 0 Å². The molecule has 2 N–H and O–H groups in total. The number of aromatic nitrogens is 4. The zero-order chi connectivity index (χ0) is 12.7. The fourth-order valence-corrected chi connectivity index (χ4v) is 2.70. The molecule has 3 atom stereocenters. The Balaban J connectivity index is 2.02. The maximum absolute atomic E-state index is 9.75. The van der Waals surface area contributed by atoms with Gasteiger partial charge in [0.15, 0.2) is 10.4 Å². The fraction of sp³-hybridized carbons (Fsp3) is 0.500. The second kappa shape index (κ2) is 4.54. The molecule has 0 aliphatic carbocycles. The lowest BCUT2D eigenvalue weighted by molar-refractivity contribution is -0.0439. The summed E-state index contributed by atoms with van der Waals surface area (Å²) in [5, 5.41) is 18.8. The number of halogens is 1. The van der Waals surface area contributed by atoms with Gasteiger partial charge in [-0.3, -0.25) is 4.57 Å². The van der Waals surface area contributed by atoms with Gasteiger partial charge in [-0.2, -0.15) is 0 Å². The molecule has 18 heavy (non-hydrogen) atoms. The van der Waals surface area contributed by atoms with Crippen LogP contribution in [0, 0.1) is 0 Å². The minimum atomic E-state index is -0.689. The summed E-state index contributed by atoms with van der Waals surface area (Å²) in [6, 6.07) is 0. The second-order valence-corrected chi connectivity index (χ2v) is 4.81. The number of imidazole rings is 1. The van der Waals surface area contributed by atoms with Crippen LogP contribution in [0.2, 0.25) is 0 Å². The van der Waals surface area contributed by atoms with Gasteiger partial charge in [-0.25, -0.2) is 15.0 Å². The van der Waals surface area contributed by atoms with Gasteiger partial charge in [0.05, 0.1) is 18.9 Å². The Morgan fingerprint density at radius 2 is 2.39 bits per heavy atom. The summed E-state index contributed by atoms with van der Waals surface area (Å²) in [6.07, 6.45) is 1.78. The van der Waals surface area contributed by atoms with E-state index in [1.807, 2.05) is 0 Å². The molecule has 0 aromatic carbocycles. The highest BCUT2D eigenvalue weighted by molar-refractivity contribution is 9.10. The summed E-state index contributed by atoms with van der Waals surface area (Å²) in [7, 11) is 0. The summed E-state index contributed by atoms with van der Waals surface area (Å²) < 4.78 is 7.90. The number of aliphatic hydroxyl groups is 2. The van der Waals surface area contributed by atoms with Gasteiger partial charge in [0.2, 0.25) is 0 Å². The maximum atomic E-state index is 9.75. The normalized spacial score (nSPS) is 28.1. The fourth-order valence-electron chi connectivity index (χ4n) is 2.11. The van der Waals surface area contributed by atoms with E-state index in [1.165, 1.54) is 6.33 Å². The van der Waals surface area contributed by atoms with Crippen LogP contribution in [0.3, 0.4) is 0 Å². The van der Waals surface area contributed by atoms with Gasteiger partial charge in [0.1, 0.15) is 24.2 Å². The molecule has 2 aromatic rings. The second-order valence-electron chi connectivity index (χ2n) is 4.10. The van der Waals surface area contributed by atoms with Crippen LogP contribution in [0.4, 0.5) is 0 Å². The molecule has 3 heterocycles. The molecule has 3 rings (SSSR count). The Labute approximate surface area is 111 Å². The number of ether oxygens (including phenoxy) is 1. The van der Waals surface area contributed by atoms with Gasteiger partial charge < -0.3 is 14.9 Å². The first-order valence-electron chi connectivity index (χ1n) is 5.48. The van der Waals surface area contributed by atoms with Crippen LogP contribution >= 0.6 is 15.9 Å². The van der Waals surface area contributed by atoms with Crippen LogP contribution in [-0.4, -0.2) is 48.5 Å². The quantitative estimate of drug-likeness (QED) is 0.771. The average Bonchev–Trinajstić information content (AvgIpc) is 2.88. The zero-order valence-electron chi connectivity index (χ0n) is 9.27. The topological polar surface area (TPSA) is 93.3 Å². The first-order chi connectivity index (χ1) is 8.70. The molecule has 1 aliphatic heterocycles. The van der Waals surface area contributed by atoms with Gasteiger partial charge in [-0.1, -0.05) is 0 Å². The third-order valence-electron chi connectivity index (χ3n) is 2.98. The number of hydrogen-bond acceptors (Lipinski definition) is 6. The predicted octanol–water partition coefficient (Wildman–Crippen LogP) is 0.229. The molecular formula is C10H11BrN4O3. The first-order valence-corrected chi connectivity index (χ1v) is 6.28. The van der Waals surface area contributed by atoms with Crippen molar-refractivity contribution in [2.45, 2.75) is 24.9 Å². The first kappa shape index (κ1) is 12.0. The molecule has 1 fully saturated rings. The van der Waals surface area contributed by atoms with E-state index in [1.54, 1.807) is 10.8 Å². The van der Waals surface area contributed by atoms with E-state index in [4.69, 9.17) is 9.84 Å². The van der Waals surface area contributed by atoms with Crippen LogP contribution in [0.25, 0.3) is 11.2 Å². The van der Waals surface area contributed by atoms with Crippen molar-refractivity contribution in [1.82, 2.24) is 19.5 Å². The molecule has 0 spiro atoms. The van der Waals surface area contributed by atoms with Crippen molar-refractivity contribution in [3.8, 4) is 0 Å². The smallest absolute Gasteiger partial charge is 0.181 e. The predicted molar refractivity (Wildman–Crippen MR) is 64.6 cm³/mol. The van der Waals surface area contributed by atoms with Crippen LogP contribution in [-0.2, 0) is 4.74 Å². The highest BCUT2D eigenvalue weighted by atomic mass is 79.9. The third-order valence-corrected chi connectivity index (χ3v) is 3.54. The van der Waals surface area contributed by atoms with Gasteiger partial charge in [0.25, 0.3) is 0 Å². The number of aliphatic hydroxyl groups excluding tert-OH is 2. The summed E-state index contributed by atoms with van der Waals surface area (Å²) >= 11 is 3.34. The van der Waals surface area contributed by atoms with E-state index < -0.39 is 18.4 Å². The van der Waals surface area contributed by atoms with Crippen molar-refractivity contribution in [3.63, 3.8) is 0 Å². The van der Waals surface area contributed by atoms with E-state index in [-0.39, 0.29) is 6.61 Å². The summed E-state index contributed by atoms with van der Waals surface area (Å²) in [6.45, 7) is -0.211. The summed E-state index contributed by atoms with van der Waals surface area (Å²) in [5.41, 5.74) is 1.28. The van der Waals surface area contributed by atoms with Crippen LogP contribution in [0.5, 0.6) is 0 Å². The van der Waals surface area contributed by atoms with Crippen molar-refractivity contribution in [1.29, 1.82) is 0 Å². The molecule has 2 aromatic heterocycles. The number of hydrogen-bond donors (Lipinski definition) is 2. The Bertz CT molecular complexity index is 575. The monoisotopic (exact) mass is 314 g/mol. The average molecular weight is 315 g/mol. The van der Waals surface area contributed by atoms with E-state index in [0.29, 0.717) is 22.3 Å². The zero-order valence-corrected chi connectivity index (χ0v) is 10.9. The number of fused-ring (bicyclic) bond motifs is 1. The Kier molecular flexibility index (Phi) is 3.02. The standard InChI is InChI=1S/C10H11BrN4O3/c11-10-14-5-2-12-4-13-9(5)15(10)8-1-6(17)7(3-16)18-8/h2,4,6-8,16-17H,1,3H2/t6-,7+,8-/m1/s1. The highest BCUT2D eigenvalue weighted by Crippen LogP contribution is 2.33. The van der Waals surface area contributed by atoms with Crippen LogP contribution in [0.15, 0.2) is 17.3 Å². The Morgan fingerprint density at radius 3 is 3.11 bits per heavy atom. The molecule has 0 bridgehead atoms. The molecule has 0 amide bonds. The van der Waals surface area contributed by atoms with Crippen molar-refractivity contribution < 1.29 is 14.9 Å². The van der Waals surface area contributed by atoms with Gasteiger partial charge in [0, 0.05) is 6.42 Å². The van der Waals surface area contributed by atoms with Gasteiger partial charge in [-0.15, -0.1) is 0 Å². The van der Waals surface area contributed by atoms with Crippen molar-refractivity contribution in [2.24, 2.45) is 0 Å². The van der Waals surface area contributed by atoms with E-state index in [9.17, 15) is 5.11 Å². The van der Waals surface area contributed by atoms with E-state index in [2.05, 4.69) is 30.9 Å². The van der Waals surface area contributed by atoms with E-state index >= 15 is 0 Å². The summed E-state index contributed by atoms with van der Waals surface area (Å²) in [4.78, 5) is 12.3. The number of rotatable bonds is 2. The lowest BCUT2D eigenvalue weighted by atomic mass is 10.2. The SMILES string of the molecule is OC[C@@H]1O[C@@H](n2c(Br)nc3cncnc32)C[C@H]1O. The molecule has 0 unspecified atom stereocenters. The molecule has 96 valence electrons. The lowest BCUT2D eigenvalue weighted by Crippen LogP contribution is -2.24. The lowest BCUT2D eigenvalue weighted by Gasteiger charge is -2.14. The molecule has 7 nitrogen and oxygen atoms in total. The molecular weight excluding hydrogens is 304 g/mol. The molecule has 1 aliphatic rings. The minimum Gasteiger partial charge on any atom is -0.394 e. The molecule has 1 saturated heterocycles.